The number of carbonyl (C=O) groups is 1. The van der Waals surface area contributed by atoms with Crippen LogP contribution in [0, 0.1) is 0 Å². The van der Waals surface area contributed by atoms with Crippen molar-refractivity contribution < 1.29 is 9.90 Å². The van der Waals surface area contributed by atoms with Crippen molar-refractivity contribution in [2.45, 2.75) is 26.6 Å². The van der Waals surface area contributed by atoms with Crippen LogP contribution in [0.4, 0.5) is 0 Å². The number of amides is 1. The minimum absolute atomic E-state index is 0.161. The van der Waals surface area contributed by atoms with Crippen molar-refractivity contribution in [3.05, 3.63) is 34.6 Å². The van der Waals surface area contributed by atoms with Gasteiger partial charge in [-0.2, -0.15) is 5.10 Å². The van der Waals surface area contributed by atoms with Crippen LogP contribution in [0.5, 0.6) is 0 Å². The number of rotatable bonds is 5. The molecule has 0 aromatic carbocycles. The van der Waals surface area contributed by atoms with Gasteiger partial charge in [0.25, 0.3) is 5.91 Å². The van der Waals surface area contributed by atoms with Crippen LogP contribution < -0.4 is 5.73 Å². The van der Waals surface area contributed by atoms with Crippen molar-refractivity contribution in [3.8, 4) is 23.0 Å². The Hall–Kier alpha value is -3.40. The first-order valence-electron chi connectivity index (χ1n) is 8.44. The Kier molecular flexibility index (Phi) is 4.04. The van der Waals surface area contributed by atoms with E-state index in [1.165, 1.54) is 0 Å². The first-order chi connectivity index (χ1) is 13.0. The summed E-state index contributed by atoms with van der Waals surface area (Å²) in [4.78, 5) is 24.9. The monoisotopic (exact) mass is 366 g/mol. The molecule has 0 unspecified atom stereocenters. The van der Waals surface area contributed by atoms with Gasteiger partial charge in [-0.1, -0.05) is 0 Å². The fourth-order valence-corrected chi connectivity index (χ4v) is 3.08. The summed E-state index contributed by atoms with van der Waals surface area (Å²) in [6.45, 7) is 2.87. The van der Waals surface area contributed by atoms with Gasteiger partial charge in [-0.3, -0.25) is 14.5 Å². The molecular weight excluding hydrogens is 348 g/mol. The first kappa shape index (κ1) is 17.0. The highest BCUT2D eigenvalue weighted by atomic mass is 16.3. The number of aromatic nitrogens is 6. The van der Waals surface area contributed by atoms with Crippen LogP contribution in [0.2, 0.25) is 0 Å². The second-order valence-electron chi connectivity index (χ2n) is 6.14. The van der Waals surface area contributed by atoms with Crippen molar-refractivity contribution in [2.24, 2.45) is 17.8 Å². The quantitative estimate of drug-likeness (QED) is 0.665. The van der Waals surface area contributed by atoms with Crippen LogP contribution in [0.1, 0.15) is 34.2 Å². The van der Waals surface area contributed by atoms with Gasteiger partial charge in [-0.15, -0.1) is 5.10 Å². The number of nitrogens with zero attached hydrogens (tertiary/aromatic N) is 7. The van der Waals surface area contributed by atoms with Gasteiger partial charge in [0, 0.05) is 25.4 Å². The number of fused-ring (bicyclic) bond motifs is 1. The molecule has 4 heterocycles. The average molecular weight is 366 g/mol. The Morgan fingerprint density at radius 3 is 2.81 bits per heavy atom. The van der Waals surface area contributed by atoms with E-state index >= 15 is 0 Å². The van der Waals surface area contributed by atoms with Gasteiger partial charge in [0.15, 0.2) is 11.6 Å². The molecule has 1 amide bonds. The van der Waals surface area contributed by atoms with Gasteiger partial charge in [-0.05, 0) is 24.6 Å². The molecule has 0 radical (unpaired) electrons. The summed E-state index contributed by atoms with van der Waals surface area (Å²) in [7, 11) is 1.75. The minimum Gasteiger partial charge on any atom is -0.390 e. The van der Waals surface area contributed by atoms with Crippen molar-refractivity contribution >= 4 is 12.1 Å². The predicted molar refractivity (Wildman–Crippen MR) is 96.9 cm³/mol. The molecule has 0 bridgehead atoms. The third kappa shape index (κ3) is 2.79. The van der Waals surface area contributed by atoms with E-state index in [4.69, 9.17) is 5.73 Å². The molecule has 27 heavy (non-hydrogen) atoms. The zero-order valence-corrected chi connectivity index (χ0v) is 14.9. The molecule has 10 nitrogen and oxygen atoms in total. The number of hydrogen-bond acceptors (Lipinski definition) is 7. The van der Waals surface area contributed by atoms with Gasteiger partial charge in [-0.25, -0.2) is 14.6 Å². The number of hydrogen-bond donors (Lipinski definition) is 2. The summed E-state index contributed by atoms with van der Waals surface area (Å²) in [5.41, 5.74) is 9.02. The molecule has 1 aliphatic heterocycles. The number of aliphatic hydroxyl groups excluding tert-OH is 1. The number of carbonyl (C=O) groups excluding carboxylic acids is 1. The molecule has 3 aromatic rings. The number of aliphatic hydroxyl groups is 1. The number of pyridine rings is 1. The van der Waals surface area contributed by atoms with Crippen LogP contribution >= 0.6 is 0 Å². The molecule has 3 N–H and O–H groups in total. The van der Waals surface area contributed by atoms with Gasteiger partial charge >= 0.3 is 0 Å². The highest BCUT2D eigenvalue weighted by Gasteiger charge is 2.23. The predicted octanol–water partition coefficient (Wildman–Crippen LogP) is 0.284. The zero-order valence-electron chi connectivity index (χ0n) is 14.9. The average Bonchev–Trinajstić information content (AvgIpc) is 3.37. The maximum Gasteiger partial charge on any atom is 0.267 e. The molecule has 138 valence electrons. The van der Waals surface area contributed by atoms with Gasteiger partial charge in [0.2, 0.25) is 0 Å². The fourth-order valence-electron chi connectivity index (χ4n) is 3.08. The Morgan fingerprint density at radius 2 is 2.11 bits per heavy atom. The molecule has 4 rings (SSSR count). The van der Waals surface area contributed by atoms with Crippen LogP contribution in [-0.2, 0) is 26.7 Å². The molecule has 0 saturated heterocycles. The highest BCUT2D eigenvalue weighted by molar-refractivity contribution is 5.96. The summed E-state index contributed by atoms with van der Waals surface area (Å²) >= 11 is 0. The summed E-state index contributed by atoms with van der Waals surface area (Å²) in [5.74, 6) is 0.341. The van der Waals surface area contributed by atoms with Crippen LogP contribution in [0.3, 0.4) is 0 Å². The SMILES string of the molecule is CCn1nc(CO)cc1-c1nc(-c2nc(C(N)=O)cc3c2C=NC3)n(C)n1. The second-order valence-corrected chi connectivity index (χ2v) is 6.14. The van der Waals surface area contributed by atoms with E-state index in [1.54, 1.807) is 34.8 Å². The normalized spacial score (nSPS) is 12.6. The van der Waals surface area contributed by atoms with E-state index < -0.39 is 5.91 Å². The van der Waals surface area contributed by atoms with E-state index in [0.717, 1.165) is 11.1 Å². The smallest absolute Gasteiger partial charge is 0.267 e. The van der Waals surface area contributed by atoms with E-state index in [2.05, 4.69) is 25.2 Å². The molecule has 10 heteroatoms. The molecular formula is C17H18N8O2. The number of aryl methyl sites for hydroxylation is 2. The molecule has 0 spiro atoms. The topological polar surface area (TPSA) is 137 Å². The van der Waals surface area contributed by atoms with E-state index in [9.17, 15) is 9.90 Å². The standard InChI is InChI=1S/C17H18N8O2/c1-3-25-13(5-10(8-26)22-25)16-21-17(24(2)23-16)14-11-7-19-6-9(11)4-12(20-14)15(18)27/h4-5,7,26H,3,6,8H2,1-2H3,(H2,18,27). The van der Waals surface area contributed by atoms with E-state index in [0.29, 0.717) is 41.8 Å². The zero-order chi connectivity index (χ0) is 19.1. The lowest BCUT2D eigenvalue weighted by Crippen LogP contribution is -2.15. The van der Waals surface area contributed by atoms with Crippen molar-refractivity contribution in [1.29, 1.82) is 0 Å². The van der Waals surface area contributed by atoms with Crippen molar-refractivity contribution in [2.75, 3.05) is 0 Å². The first-order valence-corrected chi connectivity index (χ1v) is 8.44. The minimum atomic E-state index is -0.606. The summed E-state index contributed by atoms with van der Waals surface area (Å²) < 4.78 is 3.32. The Labute approximate surface area is 154 Å². The molecule has 0 fully saturated rings. The van der Waals surface area contributed by atoms with Crippen LogP contribution in [-0.4, -0.2) is 46.8 Å². The molecule has 0 saturated carbocycles. The van der Waals surface area contributed by atoms with Crippen molar-refractivity contribution in [3.63, 3.8) is 0 Å². The summed E-state index contributed by atoms with van der Waals surface area (Å²) in [6.07, 6.45) is 1.72. The number of nitrogens with two attached hydrogens (primary N) is 1. The van der Waals surface area contributed by atoms with E-state index in [1.807, 2.05) is 6.92 Å². The third-order valence-corrected chi connectivity index (χ3v) is 4.37. The lowest BCUT2D eigenvalue weighted by atomic mass is 10.1. The van der Waals surface area contributed by atoms with Gasteiger partial charge in [0.1, 0.15) is 17.1 Å². The highest BCUT2D eigenvalue weighted by Crippen LogP contribution is 2.28. The van der Waals surface area contributed by atoms with E-state index in [-0.39, 0.29) is 12.3 Å². The third-order valence-electron chi connectivity index (χ3n) is 4.37. The Bertz CT molecular complexity index is 1080. The summed E-state index contributed by atoms with van der Waals surface area (Å²) in [6, 6.07) is 3.41. The fraction of sp³-hybridized carbons (Fsp3) is 0.294. The molecule has 3 aromatic heterocycles. The van der Waals surface area contributed by atoms with Crippen molar-refractivity contribution in [1.82, 2.24) is 29.5 Å². The lowest BCUT2D eigenvalue weighted by Gasteiger charge is -2.07. The van der Waals surface area contributed by atoms with Crippen LogP contribution in [0.25, 0.3) is 23.0 Å². The Morgan fingerprint density at radius 1 is 1.30 bits per heavy atom. The number of primary amides is 1. The van der Waals surface area contributed by atoms with Gasteiger partial charge in [0.05, 0.1) is 18.8 Å². The summed E-state index contributed by atoms with van der Waals surface area (Å²) in [5, 5.41) is 18.1. The Balaban J connectivity index is 1.87. The van der Waals surface area contributed by atoms with Gasteiger partial charge < -0.3 is 10.8 Å². The van der Waals surface area contributed by atoms with Crippen LogP contribution in [0.15, 0.2) is 17.1 Å². The largest absolute Gasteiger partial charge is 0.390 e. The lowest BCUT2D eigenvalue weighted by molar-refractivity contribution is 0.0995. The molecule has 0 atom stereocenters. The second kappa shape index (κ2) is 6.40. The number of aliphatic imine (C=N–C) groups is 1. The molecule has 1 aliphatic rings. The molecule has 0 aliphatic carbocycles. The maximum atomic E-state index is 11.7. The maximum absolute atomic E-state index is 11.7.